The number of carbonyl (C=O) groups is 1. The lowest BCUT2D eigenvalue weighted by Crippen LogP contribution is -2.31. The molecule has 7 nitrogen and oxygen atoms in total. The first-order valence-electron chi connectivity index (χ1n) is 9.27. The summed E-state index contributed by atoms with van der Waals surface area (Å²) in [6, 6.07) is 11.4. The number of halogens is 2. The molecule has 0 aliphatic carbocycles. The number of nitrogens with zero attached hydrogens (tertiary/aromatic N) is 3. The van der Waals surface area contributed by atoms with Crippen LogP contribution in [0, 0.1) is 17.0 Å². The molecule has 1 amide bonds. The fourth-order valence-corrected chi connectivity index (χ4v) is 3.99. The zero-order chi connectivity index (χ0) is 22.1. The molecule has 4 rings (SSSR count). The van der Waals surface area contributed by atoms with Crippen molar-refractivity contribution in [2.75, 3.05) is 4.90 Å². The van der Waals surface area contributed by atoms with Crippen molar-refractivity contribution in [2.45, 2.75) is 13.5 Å². The number of aryl methyl sites for hydroxylation is 1. The minimum absolute atomic E-state index is 0.0335. The van der Waals surface area contributed by atoms with Crippen LogP contribution in [0.25, 0.3) is 10.9 Å². The van der Waals surface area contributed by atoms with Gasteiger partial charge in [0.25, 0.3) is 11.6 Å². The van der Waals surface area contributed by atoms with Crippen LogP contribution >= 0.6 is 23.2 Å². The number of carbonyl (C=O) groups excluding carboxylic acids is 1. The number of aromatic amines is 1. The topological polar surface area (TPSA) is 92.1 Å². The number of pyridine rings is 1. The standard InChI is InChI=1S/C22H16Cl2N4O3/c1-13-9-26-20-8-15(5-6-17(13)20)22(29)27(21-18(23)10-25-11-19(21)24)12-14-3-2-4-16(7-14)28(30)31/h2-11,26H,12H2,1H3. The van der Waals surface area contributed by atoms with Gasteiger partial charge in [0.05, 0.1) is 27.2 Å². The molecule has 2 aromatic heterocycles. The highest BCUT2D eigenvalue weighted by molar-refractivity contribution is 6.40. The quantitative estimate of drug-likeness (QED) is 0.298. The second-order valence-electron chi connectivity index (χ2n) is 7.00. The van der Waals surface area contributed by atoms with Crippen molar-refractivity contribution < 1.29 is 9.72 Å². The van der Waals surface area contributed by atoms with Crippen LogP contribution in [0.3, 0.4) is 0 Å². The first-order chi connectivity index (χ1) is 14.8. The van der Waals surface area contributed by atoms with E-state index in [9.17, 15) is 14.9 Å². The minimum atomic E-state index is -0.483. The van der Waals surface area contributed by atoms with Gasteiger partial charge in [0.15, 0.2) is 0 Å². The number of nitro benzene ring substituents is 1. The van der Waals surface area contributed by atoms with Crippen molar-refractivity contribution in [3.8, 4) is 0 Å². The molecule has 0 spiro atoms. The fourth-order valence-electron chi connectivity index (χ4n) is 3.43. The average molecular weight is 455 g/mol. The molecule has 0 aliphatic heterocycles. The highest BCUT2D eigenvalue weighted by atomic mass is 35.5. The molecule has 0 radical (unpaired) electrons. The van der Waals surface area contributed by atoms with Crippen LogP contribution in [0.2, 0.25) is 10.0 Å². The van der Waals surface area contributed by atoms with Crippen LogP contribution in [0.1, 0.15) is 21.5 Å². The zero-order valence-corrected chi connectivity index (χ0v) is 17.8. The lowest BCUT2D eigenvalue weighted by Gasteiger charge is -2.25. The Morgan fingerprint density at radius 2 is 1.90 bits per heavy atom. The monoisotopic (exact) mass is 454 g/mol. The van der Waals surface area contributed by atoms with Crippen LogP contribution in [-0.2, 0) is 6.54 Å². The third kappa shape index (κ3) is 4.10. The van der Waals surface area contributed by atoms with Crippen LogP contribution in [0.4, 0.5) is 11.4 Å². The Morgan fingerprint density at radius 1 is 1.16 bits per heavy atom. The number of hydrogen-bond acceptors (Lipinski definition) is 4. The molecule has 0 aliphatic rings. The highest BCUT2D eigenvalue weighted by Crippen LogP contribution is 2.35. The second-order valence-corrected chi connectivity index (χ2v) is 7.82. The highest BCUT2D eigenvalue weighted by Gasteiger charge is 2.24. The average Bonchev–Trinajstić information content (AvgIpc) is 3.12. The maximum absolute atomic E-state index is 13.6. The van der Waals surface area contributed by atoms with E-state index in [1.807, 2.05) is 19.2 Å². The van der Waals surface area contributed by atoms with Gasteiger partial charge < -0.3 is 9.88 Å². The molecule has 4 aromatic rings. The summed E-state index contributed by atoms with van der Waals surface area (Å²) in [5.74, 6) is -0.351. The molecule has 0 fully saturated rings. The lowest BCUT2D eigenvalue weighted by atomic mass is 10.1. The molecule has 2 heterocycles. The van der Waals surface area contributed by atoms with E-state index in [0.29, 0.717) is 11.1 Å². The van der Waals surface area contributed by atoms with Crippen molar-refractivity contribution >= 4 is 51.4 Å². The summed E-state index contributed by atoms with van der Waals surface area (Å²) in [7, 11) is 0. The summed E-state index contributed by atoms with van der Waals surface area (Å²) in [6.07, 6.45) is 4.67. The smallest absolute Gasteiger partial charge is 0.269 e. The van der Waals surface area contributed by atoms with Gasteiger partial charge in [-0.1, -0.05) is 41.4 Å². The number of anilines is 1. The van der Waals surface area contributed by atoms with Crippen LogP contribution in [0.15, 0.2) is 61.1 Å². The largest absolute Gasteiger partial charge is 0.361 e. The Morgan fingerprint density at radius 3 is 2.61 bits per heavy atom. The van der Waals surface area contributed by atoms with E-state index in [0.717, 1.165) is 16.5 Å². The first kappa shape index (κ1) is 20.8. The van der Waals surface area contributed by atoms with Crippen LogP contribution < -0.4 is 4.90 Å². The predicted molar refractivity (Wildman–Crippen MR) is 121 cm³/mol. The van der Waals surface area contributed by atoms with E-state index < -0.39 is 4.92 Å². The second kappa shape index (κ2) is 8.37. The van der Waals surface area contributed by atoms with Gasteiger partial charge in [-0.15, -0.1) is 0 Å². The molecule has 1 N–H and O–H groups in total. The van der Waals surface area contributed by atoms with E-state index >= 15 is 0 Å². The summed E-state index contributed by atoms with van der Waals surface area (Å²) in [6.45, 7) is 2.01. The van der Waals surface area contributed by atoms with E-state index in [-0.39, 0.29) is 33.9 Å². The Kier molecular flexibility index (Phi) is 5.63. The number of nitrogens with one attached hydrogen (secondary N) is 1. The molecular formula is C22H16Cl2N4O3. The Bertz CT molecular complexity index is 1300. The van der Waals surface area contributed by atoms with E-state index in [1.165, 1.54) is 29.4 Å². The van der Waals surface area contributed by atoms with E-state index in [1.54, 1.807) is 24.3 Å². The molecule has 0 bridgehead atoms. The van der Waals surface area contributed by atoms with Crippen LogP contribution in [-0.4, -0.2) is 20.8 Å². The summed E-state index contributed by atoms with van der Waals surface area (Å²) in [5.41, 5.74) is 3.10. The number of non-ortho nitro benzene ring substituents is 1. The number of nitro groups is 1. The summed E-state index contributed by atoms with van der Waals surface area (Å²) >= 11 is 12.7. The van der Waals surface area contributed by atoms with Gasteiger partial charge in [-0.3, -0.25) is 19.9 Å². The Hall–Kier alpha value is -3.42. The van der Waals surface area contributed by atoms with Gasteiger partial charge in [-0.25, -0.2) is 0 Å². The third-order valence-electron chi connectivity index (χ3n) is 4.94. The van der Waals surface area contributed by atoms with Gasteiger partial charge in [0.1, 0.15) is 0 Å². The molecule has 0 atom stereocenters. The number of aromatic nitrogens is 2. The van der Waals surface area contributed by atoms with Crippen molar-refractivity contribution in [1.29, 1.82) is 0 Å². The summed E-state index contributed by atoms with van der Waals surface area (Å²) in [5, 5.41) is 12.6. The lowest BCUT2D eigenvalue weighted by molar-refractivity contribution is -0.384. The Balaban J connectivity index is 1.80. The first-order valence-corrected chi connectivity index (χ1v) is 10.0. The number of fused-ring (bicyclic) bond motifs is 1. The molecular weight excluding hydrogens is 439 g/mol. The van der Waals surface area contributed by atoms with Crippen molar-refractivity contribution in [1.82, 2.24) is 9.97 Å². The zero-order valence-electron chi connectivity index (χ0n) is 16.3. The van der Waals surface area contributed by atoms with Gasteiger partial charge in [0, 0.05) is 47.2 Å². The number of rotatable bonds is 5. The molecule has 0 saturated carbocycles. The summed E-state index contributed by atoms with van der Waals surface area (Å²) in [4.78, 5) is 32.8. The molecule has 156 valence electrons. The third-order valence-corrected chi connectivity index (χ3v) is 5.49. The molecule has 2 aromatic carbocycles. The fraction of sp³-hybridized carbons (Fsp3) is 0.0909. The van der Waals surface area contributed by atoms with Gasteiger partial charge in [0.2, 0.25) is 0 Å². The Labute approximate surface area is 187 Å². The number of amides is 1. The maximum atomic E-state index is 13.6. The van der Waals surface area contributed by atoms with E-state index in [4.69, 9.17) is 23.2 Å². The van der Waals surface area contributed by atoms with Gasteiger partial charge >= 0.3 is 0 Å². The van der Waals surface area contributed by atoms with Gasteiger partial charge in [-0.05, 0) is 30.2 Å². The van der Waals surface area contributed by atoms with Crippen molar-refractivity contribution in [3.05, 3.63) is 97.9 Å². The molecule has 9 heteroatoms. The van der Waals surface area contributed by atoms with E-state index in [2.05, 4.69) is 9.97 Å². The van der Waals surface area contributed by atoms with Gasteiger partial charge in [-0.2, -0.15) is 0 Å². The SMILES string of the molecule is Cc1c[nH]c2cc(C(=O)N(Cc3cccc([N+](=O)[O-])c3)c3c(Cl)cncc3Cl)ccc12. The molecule has 31 heavy (non-hydrogen) atoms. The predicted octanol–water partition coefficient (Wildman–Crippen LogP) is 5.93. The maximum Gasteiger partial charge on any atom is 0.269 e. The number of H-pyrrole nitrogens is 1. The van der Waals surface area contributed by atoms with Crippen LogP contribution in [0.5, 0.6) is 0 Å². The number of benzene rings is 2. The molecule has 0 saturated heterocycles. The minimum Gasteiger partial charge on any atom is -0.361 e. The number of hydrogen-bond donors (Lipinski definition) is 1. The molecule has 0 unspecified atom stereocenters. The van der Waals surface area contributed by atoms with Crippen molar-refractivity contribution in [3.63, 3.8) is 0 Å². The van der Waals surface area contributed by atoms with Crippen molar-refractivity contribution in [2.24, 2.45) is 0 Å². The normalized spacial score (nSPS) is 10.9. The summed E-state index contributed by atoms with van der Waals surface area (Å²) < 4.78 is 0.